The SMILES string of the molecule is OC1COC(n2cc(-c3ccccc3)nn2)C(O)C1O. The van der Waals surface area contributed by atoms with Crippen LogP contribution in [0.1, 0.15) is 6.23 Å². The van der Waals surface area contributed by atoms with E-state index in [2.05, 4.69) is 10.3 Å². The number of ether oxygens (including phenoxy) is 1. The van der Waals surface area contributed by atoms with Crippen molar-refractivity contribution in [1.82, 2.24) is 15.0 Å². The van der Waals surface area contributed by atoms with Crippen LogP contribution in [0.5, 0.6) is 0 Å². The molecule has 106 valence electrons. The minimum Gasteiger partial charge on any atom is -0.388 e. The molecule has 2 heterocycles. The summed E-state index contributed by atoms with van der Waals surface area (Å²) < 4.78 is 6.66. The second-order valence-electron chi connectivity index (χ2n) is 4.72. The molecule has 0 radical (unpaired) electrons. The summed E-state index contributed by atoms with van der Waals surface area (Å²) in [5, 5.41) is 36.9. The Hall–Kier alpha value is -1.80. The summed E-state index contributed by atoms with van der Waals surface area (Å²) in [7, 11) is 0. The Morgan fingerprint density at radius 2 is 1.85 bits per heavy atom. The summed E-state index contributed by atoms with van der Waals surface area (Å²) in [6.45, 7) is -0.0660. The third-order valence-electron chi connectivity index (χ3n) is 3.31. The quantitative estimate of drug-likeness (QED) is 0.688. The zero-order chi connectivity index (χ0) is 14.1. The molecule has 1 aromatic carbocycles. The normalized spacial score (nSPS) is 30.4. The number of rotatable bonds is 2. The third kappa shape index (κ3) is 2.32. The van der Waals surface area contributed by atoms with Crippen molar-refractivity contribution in [3.8, 4) is 11.3 Å². The number of aliphatic hydroxyl groups excluding tert-OH is 3. The van der Waals surface area contributed by atoms with E-state index in [4.69, 9.17) is 4.74 Å². The molecular weight excluding hydrogens is 262 g/mol. The Balaban J connectivity index is 1.84. The minimum absolute atomic E-state index is 0.0660. The molecule has 4 unspecified atom stereocenters. The predicted molar refractivity (Wildman–Crippen MR) is 68.5 cm³/mol. The molecule has 1 aromatic heterocycles. The first-order valence-corrected chi connectivity index (χ1v) is 6.30. The van der Waals surface area contributed by atoms with E-state index >= 15 is 0 Å². The lowest BCUT2D eigenvalue weighted by atomic mass is 10.0. The zero-order valence-electron chi connectivity index (χ0n) is 10.6. The standard InChI is InChI=1S/C13H15N3O4/c17-10-7-20-13(12(19)11(10)18)16-6-9(14-15-16)8-4-2-1-3-5-8/h1-6,10-13,17-19H,7H2. The molecule has 0 saturated carbocycles. The number of nitrogens with zero attached hydrogens (tertiary/aromatic N) is 3. The first-order chi connectivity index (χ1) is 9.66. The van der Waals surface area contributed by atoms with Crippen LogP contribution in [0.3, 0.4) is 0 Å². The zero-order valence-corrected chi connectivity index (χ0v) is 10.6. The van der Waals surface area contributed by atoms with Gasteiger partial charge in [-0.25, -0.2) is 4.68 Å². The molecule has 20 heavy (non-hydrogen) atoms. The summed E-state index contributed by atoms with van der Waals surface area (Å²) in [6, 6.07) is 9.47. The van der Waals surface area contributed by atoms with E-state index in [-0.39, 0.29) is 6.61 Å². The van der Waals surface area contributed by atoms with Crippen molar-refractivity contribution >= 4 is 0 Å². The lowest BCUT2D eigenvalue weighted by molar-refractivity contribution is -0.214. The van der Waals surface area contributed by atoms with Gasteiger partial charge in [-0.1, -0.05) is 35.5 Å². The van der Waals surface area contributed by atoms with E-state index in [1.807, 2.05) is 30.3 Å². The highest BCUT2D eigenvalue weighted by Crippen LogP contribution is 2.25. The van der Waals surface area contributed by atoms with Gasteiger partial charge in [0.05, 0.1) is 12.8 Å². The molecule has 1 saturated heterocycles. The topological polar surface area (TPSA) is 101 Å². The fourth-order valence-corrected chi connectivity index (χ4v) is 2.17. The molecule has 1 fully saturated rings. The van der Waals surface area contributed by atoms with Crippen LogP contribution in [0.4, 0.5) is 0 Å². The van der Waals surface area contributed by atoms with Gasteiger partial charge < -0.3 is 20.1 Å². The van der Waals surface area contributed by atoms with Crippen molar-refractivity contribution in [2.24, 2.45) is 0 Å². The van der Waals surface area contributed by atoms with Crippen LogP contribution in [-0.4, -0.2) is 55.2 Å². The van der Waals surface area contributed by atoms with E-state index in [1.165, 1.54) is 4.68 Å². The third-order valence-corrected chi connectivity index (χ3v) is 3.31. The first-order valence-electron chi connectivity index (χ1n) is 6.30. The van der Waals surface area contributed by atoms with Crippen molar-refractivity contribution in [3.63, 3.8) is 0 Å². The van der Waals surface area contributed by atoms with E-state index in [1.54, 1.807) is 6.20 Å². The Labute approximate surface area is 115 Å². The summed E-state index contributed by atoms with van der Waals surface area (Å²) in [6.07, 6.45) is -2.85. The predicted octanol–water partition coefficient (Wildman–Crippen LogP) is -0.443. The van der Waals surface area contributed by atoms with Crippen LogP contribution >= 0.6 is 0 Å². The monoisotopic (exact) mass is 277 g/mol. The highest BCUT2D eigenvalue weighted by molar-refractivity contribution is 5.57. The molecule has 0 bridgehead atoms. The average molecular weight is 277 g/mol. The molecule has 0 spiro atoms. The molecule has 7 nitrogen and oxygen atoms in total. The van der Waals surface area contributed by atoms with Gasteiger partial charge in [0.2, 0.25) is 0 Å². The van der Waals surface area contributed by atoms with Gasteiger partial charge in [0.25, 0.3) is 0 Å². The highest BCUT2D eigenvalue weighted by atomic mass is 16.5. The average Bonchev–Trinajstić information content (AvgIpc) is 2.95. The van der Waals surface area contributed by atoms with Crippen molar-refractivity contribution in [2.75, 3.05) is 6.61 Å². The van der Waals surface area contributed by atoms with E-state index in [0.29, 0.717) is 5.69 Å². The molecule has 7 heteroatoms. The van der Waals surface area contributed by atoms with Gasteiger partial charge in [-0.2, -0.15) is 0 Å². The van der Waals surface area contributed by atoms with Gasteiger partial charge in [0.1, 0.15) is 24.0 Å². The number of hydrogen-bond donors (Lipinski definition) is 3. The molecule has 1 aliphatic rings. The Kier molecular flexibility index (Phi) is 3.49. The first kappa shape index (κ1) is 13.2. The number of aromatic nitrogens is 3. The second kappa shape index (κ2) is 5.29. The largest absolute Gasteiger partial charge is 0.388 e. The van der Waals surface area contributed by atoms with Gasteiger partial charge in [-0.05, 0) is 0 Å². The lowest BCUT2D eigenvalue weighted by Gasteiger charge is -2.34. The van der Waals surface area contributed by atoms with Gasteiger partial charge in [0, 0.05) is 5.56 Å². The van der Waals surface area contributed by atoms with Gasteiger partial charge in [0.15, 0.2) is 6.23 Å². The smallest absolute Gasteiger partial charge is 0.180 e. The maximum absolute atomic E-state index is 9.92. The van der Waals surface area contributed by atoms with Gasteiger partial charge >= 0.3 is 0 Å². The van der Waals surface area contributed by atoms with Crippen molar-refractivity contribution in [1.29, 1.82) is 0 Å². The van der Waals surface area contributed by atoms with Crippen LogP contribution in [0, 0.1) is 0 Å². The number of benzene rings is 1. The molecule has 3 N–H and O–H groups in total. The summed E-state index contributed by atoms with van der Waals surface area (Å²) >= 11 is 0. The van der Waals surface area contributed by atoms with Crippen LogP contribution in [0.2, 0.25) is 0 Å². The Morgan fingerprint density at radius 1 is 1.10 bits per heavy atom. The molecule has 1 aliphatic heterocycles. The van der Waals surface area contributed by atoms with Gasteiger partial charge in [-0.3, -0.25) is 0 Å². The highest BCUT2D eigenvalue weighted by Gasteiger charge is 2.39. The van der Waals surface area contributed by atoms with E-state index < -0.39 is 24.5 Å². The molecule has 0 aliphatic carbocycles. The van der Waals surface area contributed by atoms with Gasteiger partial charge in [-0.15, -0.1) is 5.10 Å². The summed E-state index contributed by atoms with van der Waals surface area (Å²) in [5.74, 6) is 0. The van der Waals surface area contributed by atoms with E-state index in [9.17, 15) is 15.3 Å². The second-order valence-corrected chi connectivity index (χ2v) is 4.72. The minimum atomic E-state index is -1.27. The van der Waals surface area contributed by atoms with Crippen LogP contribution in [0.25, 0.3) is 11.3 Å². The molecule has 4 atom stereocenters. The van der Waals surface area contributed by atoms with Crippen LogP contribution in [0.15, 0.2) is 36.5 Å². The Morgan fingerprint density at radius 3 is 2.60 bits per heavy atom. The fraction of sp³-hybridized carbons (Fsp3) is 0.385. The molecular formula is C13H15N3O4. The molecule has 2 aromatic rings. The van der Waals surface area contributed by atoms with Crippen LogP contribution < -0.4 is 0 Å². The van der Waals surface area contributed by atoms with Crippen molar-refractivity contribution in [3.05, 3.63) is 36.5 Å². The number of hydrogen-bond acceptors (Lipinski definition) is 6. The van der Waals surface area contributed by atoms with Crippen molar-refractivity contribution < 1.29 is 20.1 Å². The Bertz CT molecular complexity index is 574. The summed E-state index contributed by atoms with van der Waals surface area (Å²) in [4.78, 5) is 0. The van der Waals surface area contributed by atoms with Crippen molar-refractivity contribution in [2.45, 2.75) is 24.5 Å². The lowest BCUT2D eigenvalue weighted by Crippen LogP contribution is -2.50. The maximum atomic E-state index is 9.92. The maximum Gasteiger partial charge on any atom is 0.180 e. The number of aliphatic hydroxyl groups is 3. The summed E-state index contributed by atoms with van der Waals surface area (Å²) in [5.41, 5.74) is 1.53. The van der Waals surface area contributed by atoms with Crippen LogP contribution in [-0.2, 0) is 4.74 Å². The fourth-order valence-electron chi connectivity index (χ4n) is 2.17. The molecule has 3 rings (SSSR count). The molecule has 0 amide bonds. The van der Waals surface area contributed by atoms with E-state index in [0.717, 1.165) is 5.56 Å².